The van der Waals surface area contributed by atoms with E-state index in [-0.39, 0.29) is 18.6 Å². The number of para-hydroxylation sites is 1. The normalized spacial score (nSPS) is 28.3. The smallest absolute Gasteiger partial charge is 0.260 e. The van der Waals surface area contributed by atoms with Gasteiger partial charge in [0, 0.05) is 13.6 Å². The fourth-order valence-electron chi connectivity index (χ4n) is 4.46. The Morgan fingerprint density at radius 1 is 1.11 bits per heavy atom. The minimum Gasteiger partial charge on any atom is -0.483 e. The number of carbonyl (C=O) groups is 1. The van der Waals surface area contributed by atoms with E-state index in [9.17, 15) is 4.79 Å². The van der Waals surface area contributed by atoms with Crippen molar-refractivity contribution in [3.05, 3.63) is 29.8 Å². The molecular formula is C21H32N2O4. The fourth-order valence-corrected chi connectivity index (χ4v) is 4.46. The summed E-state index contributed by atoms with van der Waals surface area (Å²) in [6.45, 7) is 1.67. The van der Waals surface area contributed by atoms with Gasteiger partial charge in [-0.2, -0.15) is 0 Å². The zero-order valence-corrected chi connectivity index (χ0v) is 16.2. The average molecular weight is 376 g/mol. The molecule has 1 saturated carbocycles. The maximum Gasteiger partial charge on any atom is 0.260 e. The number of benzene rings is 1. The molecule has 0 radical (unpaired) electrons. The van der Waals surface area contributed by atoms with Gasteiger partial charge in [0.15, 0.2) is 6.61 Å². The quantitative estimate of drug-likeness (QED) is 0.681. The van der Waals surface area contributed by atoms with Gasteiger partial charge >= 0.3 is 0 Å². The van der Waals surface area contributed by atoms with E-state index in [0.717, 1.165) is 50.8 Å². The van der Waals surface area contributed by atoms with Crippen molar-refractivity contribution in [1.29, 1.82) is 0 Å². The molecule has 0 aromatic heterocycles. The lowest BCUT2D eigenvalue weighted by Crippen LogP contribution is -2.48. The number of amides is 1. The molecule has 3 heterocycles. The number of hydrogen-bond acceptors (Lipinski definition) is 5. The second-order valence-corrected chi connectivity index (χ2v) is 7.59. The first-order valence-electron chi connectivity index (χ1n) is 10.2. The van der Waals surface area contributed by atoms with Crippen LogP contribution < -0.4 is 10.2 Å². The molecule has 6 nitrogen and oxygen atoms in total. The Morgan fingerprint density at radius 2 is 1.85 bits per heavy atom. The highest BCUT2D eigenvalue weighted by Gasteiger charge is 2.31. The molecule has 1 aliphatic carbocycles. The molecule has 1 amide bonds. The first kappa shape index (κ1) is 20.1. The van der Waals surface area contributed by atoms with Crippen molar-refractivity contribution in [1.82, 2.24) is 10.4 Å². The van der Waals surface area contributed by atoms with E-state index in [0.29, 0.717) is 18.6 Å². The molecular weight excluding hydrogens is 344 g/mol. The molecule has 3 aliphatic heterocycles. The van der Waals surface area contributed by atoms with Crippen molar-refractivity contribution in [3.63, 3.8) is 0 Å². The molecule has 0 spiro atoms. The van der Waals surface area contributed by atoms with E-state index < -0.39 is 0 Å². The zero-order chi connectivity index (χ0) is 19.1. The first-order valence-corrected chi connectivity index (χ1v) is 10.2. The molecule has 1 aromatic rings. The van der Waals surface area contributed by atoms with Crippen LogP contribution in [0.5, 0.6) is 5.75 Å². The van der Waals surface area contributed by atoms with E-state index in [1.54, 1.807) is 5.48 Å². The number of fused-ring (bicyclic) bond motifs is 5. The number of ether oxygens (including phenoxy) is 2. The van der Waals surface area contributed by atoms with Crippen molar-refractivity contribution in [2.75, 3.05) is 26.8 Å². The minimum absolute atomic E-state index is 0.102. The highest BCUT2D eigenvalue weighted by molar-refractivity contribution is 5.78. The van der Waals surface area contributed by atoms with Gasteiger partial charge in [-0.1, -0.05) is 18.2 Å². The summed E-state index contributed by atoms with van der Waals surface area (Å²) in [6.07, 6.45) is 8.20. The van der Waals surface area contributed by atoms with E-state index in [2.05, 4.69) is 12.1 Å². The Labute approximate surface area is 161 Å². The van der Waals surface area contributed by atoms with Crippen molar-refractivity contribution >= 4 is 5.91 Å². The van der Waals surface area contributed by atoms with E-state index in [1.165, 1.54) is 19.0 Å². The SMILES string of the molecule is CNO.O=C1COc2ccccc2C2CCC(CC2)OCC2CCCCN12. The van der Waals surface area contributed by atoms with Crippen LogP contribution in [0.3, 0.4) is 0 Å². The van der Waals surface area contributed by atoms with Crippen LogP contribution >= 0.6 is 0 Å². The van der Waals surface area contributed by atoms with Gasteiger partial charge in [0.05, 0.1) is 18.8 Å². The van der Waals surface area contributed by atoms with Crippen LogP contribution in [-0.4, -0.2) is 55.0 Å². The molecule has 1 aromatic carbocycles. The Balaban J connectivity index is 0.000000659. The minimum atomic E-state index is 0.102. The highest BCUT2D eigenvalue weighted by Crippen LogP contribution is 2.38. The predicted molar refractivity (Wildman–Crippen MR) is 103 cm³/mol. The summed E-state index contributed by atoms with van der Waals surface area (Å²) in [5.41, 5.74) is 3.01. The molecule has 150 valence electrons. The average Bonchev–Trinajstić information content (AvgIpc) is 2.73. The maximum atomic E-state index is 12.7. The standard InChI is InChI=1S/C20H27NO3.CH5NO/c22-20-14-24-19-7-2-1-6-18(19)15-8-10-17(11-9-15)23-13-16-5-3-4-12-21(16)20;1-2-3/h1-2,6-7,15-17H,3-5,8-14H2;2-3H,1H3. The lowest BCUT2D eigenvalue weighted by molar-refractivity contribution is -0.139. The molecule has 2 bridgehead atoms. The molecule has 1 atom stereocenters. The van der Waals surface area contributed by atoms with E-state index in [4.69, 9.17) is 14.7 Å². The van der Waals surface area contributed by atoms with Gasteiger partial charge in [-0.25, -0.2) is 5.48 Å². The van der Waals surface area contributed by atoms with Crippen LogP contribution in [0.4, 0.5) is 0 Å². The molecule has 5 rings (SSSR count). The lowest BCUT2D eigenvalue weighted by Gasteiger charge is -2.36. The number of nitrogens with zero attached hydrogens (tertiary/aromatic N) is 1. The van der Waals surface area contributed by atoms with E-state index in [1.807, 2.05) is 17.0 Å². The molecule has 6 heteroatoms. The molecule has 27 heavy (non-hydrogen) atoms. The number of hydroxylamine groups is 1. The third-order valence-corrected chi connectivity index (χ3v) is 5.86. The largest absolute Gasteiger partial charge is 0.483 e. The molecule has 1 unspecified atom stereocenters. The van der Waals surface area contributed by atoms with Gasteiger partial charge in [-0.3, -0.25) is 4.79 Å². The highest BCUT2D eigenvalue weighted by atomic mass is 16.5. The van der Waals surface area contributed by atoms with Gasteiger partial charge in [0.2, 0.25) is 0 Å². The fraction of sp³-hybridized carbons (Fsp3) is 0.667. The van der Waals surface area contributed by atoms with Crippen LogP contribution in [0.2, 0.25) is 0 Å². The molecule has 4 aliphatic rings. The lowest BCUT2D eigenvalue weighted by atomic mass is 9.82. The molecule has 2 N–H and O–H groups in total. The number of piperidine rings is 1. The van der Waals surface area contributed by atoms with Gasteiger partial charge in [0.1, 0.15) is 5.75 Å². The monoisotopic (exact) mass is 376 g/mol. The Hall–Kier alpha value is -1.63. The summed E-state index contributed by atoms with van der Waals surface area (Å²) in [6, 6.07) is 8.47. The van der Waals surface area contributed by atoms with Gasteiger partial charge in [0.25, 0.3) is 5.91 Å². The number of nitrogens with one attached hydrogen (secondary N) is 1. The van der Waals surface area contributed by atoms with Crippen molar-refractivity contribution < 1.29 is 19.5 Å². The Bertz CT molecular complexity index is 602. The molecule has 1 saturated heterocycles. The Morgan fingerprint density at radius 3 is 2.63 bits per heavy atom. The zero-order valence-electron chi connectivity index (χ0n) is 16.2. The van der Waals surface area contributed by atoms with Crippen molar-refractivity contribution in [3.8, 4) is 5.75 Å². The van der Waals surface area contributed by atoms with E-state index >= 15 is 0 Å². The third kappa shape index (κ3) is 5.21. The number of carbonyl (C=O) groups excluding carboxylic acids is 1. The summed E-state index contributed by atoms with van der Waals surface area (Å²) >= 11 is 0. The van der Waals surface area contributed by atoms with Crippen molar-refractivity contribution in [2.24, 2.45) is 0 Å². The van der Waals surface area contributed by atoms with Gasteiger partial charge in [-0.15, -0.1) is 0 Å². The maximum absolute atomic E-state index is 12.7. The Kier molecular flexibility index (Phi) is 7.50. The van der Waals surface area contributed by atoms with Crippen LogP contribution in [-0.2, 0) is 9.53 Å². The molecule has 2 fully saturated rings. The summed E-state index contributed by atoms with van der Waals surface area (Å²) in [7, 11) is 1.43. The first-order chi connectivity index (χ1) is 13.2. The second kappa shape index (κ2) is 10.1. The second-order valence-electron chi connectivity index (χ2n) is 7.59. The summed E-state index contributed by atoms with van der Waals surface area (Å²) in [4.78, 5) is 14.7. The van der Waals surface area contributed by atoms with Crippen LogP contribution in [0.1, 0.15) is 56.4 Å². The van der Waals surface area contributed by atoms with Crippen LogP contribution in [0.15, 0.2) is 24.3 Å². The summed E-state index contributed by atoms with van der Waals surface area (Å²) < 4.78 is 12.2. The van der Waals surface area contributed by atoms with Gasteiger partial charge < -0.3 is 19.6 Å². The van der Waals surface area contributed by atoms with Crippen molar-refractivity contribution in [2.45, 2.75) is 63.0 Å². The summed E-state index contributed by atoms with van der Waals surface area (Å²) in [5, 5.41) is 7.32. The topological polar surface area (TPSA) is 71.0 Å². The van der Waals surface area contributed by atoms with Crippen LogP contribution in [0, 0.1) is 0 Å². The predicted octanol–water partition coefficient (Wildman–Crippen LogP) is 3.10. The summed E-state index contributed by atoms with van der Waals surface area (Å²) in [5.74, 6) is 1.52. The third-order valence-electron chi connectivity index (χ3n) is 5.86. The number of hydrogen-bond donors (Lipinski definition) is 2. The van der Waals surface area contributed by atoms with Gasteiger partial charge in [-0.05, 0) is 62.5 Å². The number of rotatable bonds is 0. The van der Waals surface area contributed by atoms with Crippen LogP contribution in [0.25, 0.3) is 0 Å².